The summed E-state index contributed by atoms with van der Waals surface area (Å²) < 4.78 is 31.9. The van der Waals surface area contributed by atoms with Crippen LogP contribution in [0.25, 0.3) is 0 Å². The van der Waals surface area contributed by atoms with Crippen molar-refractivity contribution < 1.29 is 13.5 Å². The second-order valence-electron chi connectivity index (χ2n) is 3.94. The Kier molecular flexibility index (Phi) is 3.39. The Balaban J connectivity index is 2.30. The zero-order valence-corrected chi connectivity index (χ0v) is 9.22. The number of hydrogen-bond acceptors (Lipinski definition) is 2. The summed E-state index contributed by atoms with van der Waals surface area (Å²) in [4.78, 5) is 0. The summed E-state index contributed by atoms with van der Waals surface area (Å²) in [5.41, 5.74) is 0.459. The monoisotopic (exact) mass is 227 g/mol. The van der Waals surface area contributed by atoms with Gasteiger partial charge in [0.25, 0.3) is 0 Å². The van der Waals surface area contributed by atoms with Crippen LogP contribution in [0.3, 0.4) is 0 Å². The third-order valence-electron chi connectivity index (χ3n) is 2.71. The second kappa shape index (κ2) is 4.78. The van der Waals surface area contributed by atoms with E-state index in [1.807, 2.05) is 6.92 Å². The molecule has 16 heavy (non-hydrogen) atoms. The predicted octanol–water partition coefficient (Wildman–Crippen LogP) is 2.79. The molecule has 0 amide bonds. The molecule has 1 aromatic rings. The molecule has 2 rings (SSSR count). The molecule has 1 aliphatic heterocycles. The molecule has 0 saturated carbocycles. The van der Waals surface area contributed by atoms with Gasteiger partial charge in [-0.2, -0.15) is 0 Å². The van der Waals surface area contributed by atoms with Crippen LogP contribution in [-0.2, 0) is 0 Å². The van der Waals surface area contributed by atoms with Crippen molar-refractivity contribution >= 4 is 0 Å². The Morgan fingerprint density at radius 1 is 1.44 bits per heavy atom. The lowest BCUT2D eigenvalue weighted by molar-refractivity contribution is 0.246. The van der Waals surface area contributed by atoms with Crippen molar-refractivity contribution in [3.8, 4) is 5.75 Å². The fourth-order valence-electron chi connectivity index (χ4n) is 1.97. The van der Waals surface area contributed by atoms with Crippen molar-refractivity contribution in [3.05, 3.63) is 29.3 Å². The van der Waals surface area contributed by atoms with Gasteiger partial charge in [0.2, 0.25) is 0 Å². The van der Waals surface area contributed by atoms with Crippen molar-refractivity contribution in [1.29, 1.82) is 0 Å². The molecule has 0 spiro atoms. The van der Waals surface area contributed by atoms with E-state index in [-0.39, 0.29) is 6.04 Å². The van der Waals surface area contributed by atoms with E-state index in [1.54, 1.807) is 0 Å². The molecule has 1 atom stereocenters. The fraction of sp³-hybridized carbons (Fsp3) is 0.500. The molecule has 1 aliphatic rings. The van der Waals surface area contributed by atoms with Crippen LogP contribution in [0.15, 0.2) is 12.1 Å². The van der Waals surface area contributed by atoms with Gasteiger partial charge in [-0.1, -0.05) is 6.92 Å². The van der Waals surface area contributed by atoms with Crippen LogP contribution in [0.2, 0.25) is 0 Å². The summed E-state index contributed by atoms with van der Waals surface area (Å²) in [7, 11) is 0. The van der Waals surface area contributed by atoms with Gasteiger partial charge in [-0.15, -0.1) is 0 Å². The number of nitrogens with one attached hydrogen (secondary N) is 1. The zero-order chi connectivity index (χ0) is 11.5. The smallest absolute Gasteiger partial charge is 0.134 e. The van der Waals surface area contributed by atoms with Crippen molar-refractivity contribution in [2.24, 2.45) is 0 Å². The third kappa shape index (κ3) is 2.16. The summed E-state index contributed by atoms with van der Waals surface area (Å²) in [5.74, 6) is -0.784. The van der Waals surface area contributed by atoms with Crippen LogP contribution in [0.4, 0.5) is 8.78 Å². The van der Waals surface area contributed by atoms with Crippen LogP contribution in [0, 0.1) is 11.6 Å². The van der Waals surface area contributed by atoms with Gasteiger partial charge in [-0.25, -0.2) is 8.78 Å². The van der Waals surface area contributed by atoms with Crippen LogP contribution in [0.1, 0.15) is 31.4 Å². The molecular formula is C12H15F2NO. The first-order chi connectivity index (χ1) is 7.72. The number of ether oxygens (including phenoxy) is 1. The topological polar surface area (TPSA) is 21.3 Å². The number of fused-ring (bicyclic) bond motifs is 1. The summed E-state index contributed by atoms with van der Waals surface area (Å²) in [6.45, 7) is 3.37. The van der Waals surface area contributed by atoms with Crippen LogP contribution < -0.4 is 10.1 Å². The molecule has 0 radical (unpaired) electrons. The third-order valence-corrected chi connectivity index (χ3v) is 2.71. The number of halogens is 2. The van der Waals surface area contributed by atoms with Gasteiger partial charge in [-0.3, -0.25) is 0 Å². The average molecular weight is 227 g/mol. The van der Waals surface area contributed by atoms with Gasteiger partial charge in [-0.05, 0) is 13.0 Å². The van der Waals surface area contributed by atoms with Gasteiger partial charge < -0.3 is 10.1 Å². The molecule has 0 bridgehead atoms. The molecule has 1 heterocycles. The quantitative estimate of drug-likeness (QED) is 0.857. The molecule has 88 valence electrons. The molecular weight excluding hydrogens is 212 g/mol. The molecule has 1 N–H and O–H groups in total. The summed E-state index contributed by atoms with van der Waals surface area (Å²) in [6.07, 6.45) is 1.70. The Morgan fingerprint density at radius 2 is 2.25 bits per heavy atom. The molecule has 2 nitrogen and oxygen atoms in total. The first-order valence-electron chi connectivity index (χ1n) is 5.57. The highest BCUT2D eigenvalue weighted by atomic mass is 19.1. The lowest BCUT2D eigenvalue weighted by atomic mass is 9.99. The van der Waals surface area contributed by atoms with Gasteiger partial charge in [0.15, 0.2) is 0 Å². The van der Waals surface area contributed by atoms with E-state index in [2.05, 4.69) is 5.32 Å². The normalized spacial score (nSPS) is 19.1. The minimum Gasteiger partial charge on any atom is -0.493 e. The lowest BCUT2D eigenvalue weighted by Gasteiger charge is -2.27. The van der Waals surface area contributed by atoms with Crippen LogP contribution in [-0.4, -0.2) is 13.2 Å². The highest BCUT2D eigenvalue weighted by molar-refractivity contribution is 5.39. The predicted molar refractivity (Wildman–Crippen MR) is 57.5 cm³/mol. The Morgan fingerprint density at radius 3 is 3.00 bits per heavy atom. The number of rotatable bonds is 3. The maximum absolute atomic E-state index is 13.6. The highest BCUT2D eigenvalue weighted by Crippen LogP contribution is 2.34. The van der Waals surface area contributed by atoms with E-state index in [0.29, 0.717) is 17.9 Å². The zero-order valence-electron chi connectivity index (χ0n) is 9.22. The fourth-order valence-corrected chi connectivity index (χ4v) is 1.97. The maximum Gasteiger partial charge on any atom is 0.134 e. The van der Waals surface area contributed by atoms with E-state index in [0.717, 1.165) is 25.5 Å². The second-order valence-corrected chi connectivity index (χ2v) is 3.94. The van der Waals surface area contributed by atoms with Crippen molar-refractivity contribution in [1.82, 2.24) is 5.32 Å². The summed E-state index contributed by atoms with van der Waals surface area (Å²) in [5, 5.41) is 3.25. The van der Waals surface area contributed by atoms with Crippen LogP contribution >= 0.6 is 0 Å². The standard InChI is InChI=1S/C12H15F2NO/c1-2-4-15-10-3-5-16-11-7-8(13)6-9(14)12(10)11/h6-7,10,15H,2-5H2,1H3. The summed E-state index contributed by atoms with van der Waals surface area (Å²) >= 11 is 0. The average Bonchev–Trinajstić information content (AvgIpc) is 2.25. The molecule has 1 unspecified atom stereocenters. The lowest BCUT2D eigenvalue weighted by Crippen LogP contribution is -2.28. The van der Waals surface area contributed by atoms with Crippen molar-refractivity contribution in [2.75, 3.05) is 13.2 Å². The molecule has 0 fully saturated rings. The molecule has 0 aliphatic carbocycles. The molecule has 1 aromatic carbocycles. The minimum absolute atomic E-state index is 0.0655. The molecule has 0 saturated heterocycles. The number of hydrogen-bond donors (Lipinski definition) is 1. The SMILES string of the molecule is CCCNC1CCOc2cc(F)cc(F)c21. The number of benzene rings is 1. The molecule has 4 heteroatoms. The van der Waals surface area contributed by atoms with Crippen molar-refractivity contribution in [3.63, 3.8) is 0 Å². The summed E-state index contributed by atoms with van der Waals surface area (Å²) in [6, 6.07) is 2.09. The molecule has 0 aromatic heterocycles. The Labute approximate surface area is 93.6 Å². The van der Waals surface area contributed by atoms with Crippen LogP contribution in [0.5, 0.6) is 5.75 Å². The van der Waals surface area contributed by atoms with Gasteiger partial charge in [0, 0.05) is 30.2 Å². The van der Waals surface area contributed by atoms with Gasteiger partial charge in [0.05, 0.1) is 6.61 Å². The van der Waals surface area contributed by atoms with Crippen molar-refractivity contribution in [2.45, 2.75) is 25.8 Å². The van der Waals surface area contributed by atoms with E-state index >= 15 is 0 Å². The largest absolute Gasteiger partial charge is 0.493 e. The first kappa shape index (κ1) is 11.3. The van der Waals surface area contributed by atoms with Gasteiger partial charge >= 0.3 is 0 Å². The van der Waals surface area contributed by atoms with E-state index in [9.17, 15) is 8.78 Å². The Bertz CT molecular complexity index is 382. The van der Waals surface area contributed by atoms with E-state index < -0.39 is 11.6 Å². The van der Waals surface area contributed by atoms with E-state index in [4.69, 9.17) is 4.74 Å². The van der Waals surface area contributed by atoms with E-state index in [1.165, 1.54) is 6.07 Å². The maximum atomic E-state index is 13.6. The highest BCUT2D eigenvalue weighted by Gasteiger charge is 2.25. The van der Waals surface area contributed by atoms with Gasteiger partial charge in [0.1, 0.15) is 17.4 Å². The Hall–Kier alpha value is -1.16. The minimum atomic E-state index is -0.590. The first-order valence-corrected chi connectivity index (χ1v) is 5.57.